The molecule has 1 amide bonds. The number of rotatable bonds is 13. The highest BCUT2D eigenvalue weighted by molar-refractivity contribution is 6.33. The molecule has 0 aliphatic carbocycles. The number of pyridine rings is 1. The van der Waals surface area contributed by atoms with Gasteiger partial charge in [-0.25, -0.2) is 0 Å². The van der Waals surface area contributed by atoms with Crippen molar-refractivity contribution in [2.45, 2.75) is 32.6 Å². The van der Waals surface area contributed by atoms with Gasteiger partial charge in [0.25, 0.3) is 0 Å². The SMILES string of the molecule is CCOc1cc2ncc(C#N)c(Nc3ccc(OCC4=NCCCC4CO)cc3Cl)c2cc1NC(=O)CCCN(C)C. The number of nitriles is 1. The topological polar surface area (TPSA) is 132 Å². The first kappa shape index (κ1) is 31.0. The zero-order valence-corrected chi connectivity index (χ0v) is 25.0. The summed E-state index contributed by atoms with van der Waals surface area (Å²) < 4.78 is 11.7. The summed E-state index contributed by atoms with van der Waals surface area (Å²) in [6.07, 6.45) is 4.44. The van der Waals surface area contributed by atoms with Gasteiger partial charge in [0.05, 0.1) is 52.1 Å². The van der Waals surface area contributed by atoms with Crippen molar-refractivity contribution >= 4 is 51.2 Å². The van der Waals surface area contributed by atoms with Crippen molar-refractivity contribution in [1.29, 1.82) is 5.26 Å². The Morgan fingerprint density at radius 3 is 2.79 bits per heavy atom. The molecule has 0 bridgehead atoms. The third-order valence-corrected chi connectivity index (χ3v) is 7.29. The fraction of sp³-hybridized carbons (Fsp3) is 0.419. The van der Waals surface area contributed by atoms with E-state index in [2.05, 4.69) is 26.7 Å². The van der Waals surface area contributed by atoms with Crippen LogP contribution in [0.2, 0.25) is 5.02 Å². The first-order valence-electron chi connectivity index (χ1n) is 14.1. The maximum Gasteiger partial charge on any atom is 0.224 e. The lowest BCUT2D eigenvalue weighted by Gasteiger charge is -2.21. The second kappa shape index (κ2) is 14.8. The minimum atomic E-state index is -0.126. The summed E-state index contributed by atoms with van der Waals surface area (Å²) in [7, 11) is 3.94. The molecule has 1 aliphatic rings. The molecule has 222 valence electrons. The van der Waals surface area contributed by atoms with Crippen molar-refractivity contribution in [3.8, 4) is 17.6 Å². The largest absolute Gasteiger partial charge is 0.492 e. The first-order chi connectivity index (χ1) is 20.3. The van der Waals surface area contributed by atoms with Crippen LogP contribution < -0.4 is 20.1 Å². The van der Waals surface area contributed by atoms with Gasteiger partial charge in [0, 0.05) is 42.6 Å². The molecule has 1 atom stereocenters. The molecule has 0 fully saturated rings. The number of amides is 1. The number of hydrogen-bond donors (Lipinski definition) is 3. The standard InChI is InChI=1S/C31H37ClN6O4/c1-4-41-29-15-26-23(14-27(29)36-30(40)8-6-12-38(2)3)31(21(16-33)17-35-26)37-25-10-9-22(13-24(25)32)42-19-28-20(18-39)7-5-11-34-28/h9-10,13-15,17,20,39H,4-8,11-12,18-19H2,1-3H3,(H,35,37)(H,36,40). The van der Waals surface area contributed by atoms with E-state index in [-0.39, 0.29) is 25.0 Å². The highest BCUT2D eigenvalue weighted by atomic mass is 35.5. The summed E-state index contributed by atoms with van der Waals surface area (Å²) in [4.78, 5) is 23.7. The van der Waals surface area contributed by atoms with Crippen LogP contribution in [0, 0.1) is 17.2 Å². The molecule has 4 rings (SSSR count). The lowest BCUT2D eigenvalue weighted by Crippen LogP contribution is -2.28. The number of aliphatic hydroxyl groups excluding tert-OH is 1. The normalized spacial score (nSPS) is 14.8. The van der Waals surface area contributed by atoms with Gasteiger partial charge in [-0.3, -0.25) is 14.8 Å². The van der Waals surface area contributed by atoms with E-state index in [1.54, 1.807) is 30.3 Å². The number of aromatic nitrogens is 1. The second-order valence-electron chi connectivity index (χ2n) is 10.4. The number of aliphatic imine (C=N–C) groups is 1. The average Bonchev–Trinajstić information content (AvgIpc) is 2.97. The number of hydrogen-bond acceptors (Lipinski definition) is 9. The van der Waals surface area contributed by atoms with Crippen molar-refractivity contribution in [2.24, 2.45) is 10.9 Å². The third-order valence-electron chi connectivity index (χ3n) is 6.98. The molecule has 0 spiro atoms. The summed E-state index contributed by atoms with van der Waals surface area (Å²) in [5, 5.41) is 26.8. The molecule has 2 heterocycles. The molecule has 0 saturated carbocycles. The molecule has 1 aromatic heterocycles. The number of ether oxygens (including phenoxy) is 2. The van der Waals surface area contributed by atoms with Crippen molar-refractivity contribution in [2.75, 3.05) is 57.6 Å². The molecule has 11 heteroatoms. The van der Waals surface area contributed by atoms with Crippen LogP contribution in [0.5, 0.6) is 11.5 Å². The predicted octanol–water partition coefficient (Wildman–Crippen LogP) is 5.40. The highest BCUT2D eigenvalue weighted by Crippen LogP contribution is 2.38. The van der Waals surface area contributed by atoms with Crippen LogP contribution in [0.25, 0.3) is 10.9 Å². The average molecular weight is 593 g/mol. The van der Waals surface area contributed by atoms with E-state index >= 15 is 0 Å². The monoisotopic (exact) mass is 592 g/mol. The van der Waals surface area contributed by atoms with Crippen LogP contribution in [-0.4, -0.2) is 73.6 Å². The molecule has 10 nitrogen and oxygen atoms in total. The molecular formula is C31H37ClN6O4. The van der Waals surface area contributed by atoms with E-state index in [0.717, 1.165) is 38.1 Å². The van der Waals surface area contributed by atoms with Crippen LogP contribution in [0.3, 0.4) is 0 Å². The van der Waals surface area contributed by atoms with Gasteiger partial charge in [-0.2, -0.15) is 5.26 Å². The number of nitrogens with one attached hydrogen (secondary N) is 2. The number of benzene rings is 2. The number of nitrogens with zero attached hydrogens (tertiary/aromatic N) is 4. The zero-order valence-electron chi connectivity index (χ0n) is 24.2. The first-order valence-corrected chi connectivity index (χ1v) is 14.5. The Bertz CT molecular complexity index is 1490. The summed E-state index contributed by atoms with van der Waals surface area (Å²) in [5.74, 6) is 0.963. The Labute approximate surface area is 251 Å². The van der Waals surface area contributed by atoms with Gasteiger partial charge < -0.3 is 30.1 Å². The number of carbonyl (C=O) groups is 1. The molecule has 3 aromatic rings. The van der Waals surface area contributed by atoms with Crippen molar-refractivity contribution in [3.63, 3.8) is 0 Å². The third kappa shape index (κ3) is 7.88. The molecular weight excluding hydrogens is 556 g/mol. The molecule has 0 saturated heterocycles. The van der Waals surface area contributed by atoms with E-state index in [4.69, 9.17) is 21.1 Å². The zero-order chi connectivity index (χ0) is 30.1. The second-order valence-corrected chi connectivity index (χ2v) is 10.8. The lowest BCUT2D eigenvalue weighted by molar-refractivity contribution is -0.116. The summed E-state index contributed by atoms with van der Waals surface area (Å²) in [5.41, 5.74) is 3.34. The maximum absolute atomic E-state index is 12.7. The van der Waals surface area contributed by atoms with Gasteiger partial charge in [0.1, 0.15) is 24.2 Å². The Kier molecular flexibility index (Phi) is 11.0. The Morgan fingerprint density at radius 1 is 1.24 bits per heavy atom. The predicted molar refractivity (Wildman–Crippen MR) is 166 cm³/mol. The van der Waals surface area contributed by atoms with Crippen LogP contribution in [0.4, 0.5) is 17.1 Å². The van der Waals surface area contributed by atoms with Gasteiger partial charge in [-0.05, 0) is 65.0 Å². The minimum absolute atomic E-state index is 0.0236. The molecule has 0 radical (unpaired) electrons. The number of anilines is 3. The number of halogens is 1. The van der Waals surface area contributed by atoms with E-state index in [1.165, 1.54) is 6.20 Å². The van der Waals surface area contributed by atoms with Crippen molar-refractivity contribution < 1.29 is 19.4 Å². The van der Waals surface area contributed by atoms with Crippen LogP contribution in [-0.2, 0) is 4.79 Å². The van der Waals surface area contributed by atoms with Crippen LogP contribution >= 0.6 is 11.6 Å². The Hall–Kier alpha value is -3.91. The number of fused-ring (bicyclic) bond motifs is 1. The Balaban J connectivity index is 1.60. The summed E-state index contributed by atoms with van der Waals surface area (Å²) in [6, 6.07) is 11.0. The van der Waals surface area contributed by atoms with Crippen molar-refractivity contribution in [1.82, 2.24) is 9.88 Å². The van der Waals surface area contributed by atoms with E-state index in [0.29, 0.717) is 63.1 Å². The van der Waals surface area contributed by atoms with Crippen molar-refractivity contribution in [3.05, 3.63) is 47.1 Å². The lowest BCUT2D eigenvalue weighted by atomic mass is 9.96. The molecule has 3 N–H and O–H groups in total. The van der Waals surface area contributed by atoms with E-state index < -0.39 is 0 Å². The fourth-order valence-electron chi connectivity index (χ4n) is 4.78. The number of aliphatic hydroxyl groups is 1. The fourth-order valence-corrected chi connectivity index (χ4v) is 4.99. The summed E-state index contributed by atoms with van der Waals surface area (Å²) in [6.45, 7) is 4.17. The van der Waals surface area contributed by atoms with Crippen LogP contribution in [0.1, 0.15) is 38.2 Å². The maximum atomic E-state index is 12.7. The molecule has 1 unspecified atom stereocenters. The highest BCUT2D eigenvalue weighted by Gasteiger charge is 2.20. The smallest absolute Gasteiger partial charge is 0.224 e. The molecule has 1 aliphatic heterocycles. The van der Waals surface area contributed by atoms with Gasteiger partial charge >= 0.3 is 0 Å². The molecule has 42 heavy (non-hydrogen) atoms. The van der Waals surface area contributed by atoms with Gasteiger partial charge in [-0.15, -0.1) is 0 Å². The molecule has 2 aromatic carbocycles. The quantitative estimate of drug-likeness (QED) is 0.240. The van der Waals surface area contributed by atoms with Crippen LogP contribution in [0.15, 0.2) is 41.5 Å². The minimum Gasteiger partial charge on any atom is -0.492 e. The van der Waals surface area contributed by atoms with Gasteiger partial charge in [0.15, 0.2) is 0 Å². The van der Waals surface area contributed by atoms with E-state index in [9.17, 15) is 15.2 Å². The van der Waals surface area contributed by atoms with E-state index in [1.807, 2.05) is 25.9 Å². The van der Waals surface area contributed by atoms with Gasteiger partial charge in [-0.1, -0.05) is 11.6 Å². The number of carbonyl (C=O) groups excluding carboxylic acids is 1. The summed E-state index contributed by atoms with van der Waals surface area (Å²) >= 11 is 6.65. The Morgan fingerprint density at radius 2 is 2.07 bits per heavy atom. The van der Waals surface area contributed by atoms with Gasteiger partial charge in [0.2, 0.25) is 5.91 Å².